The molecule has 6 heteroatoms. The Labute approximate surface area is 187 Å². The van der Waals surface area contributed by atoms with Gasteiger partial charge in [0, 0.05) is 12.0 Å². The first-order valence-corrected chi connectivity index (χ1v) is 10.5. The van der Waals surface area contributed by atoms with E-state index in [1.54, 1.807) is 12.1 Å². The van der Waals surface area contributed by atoms with Gasteiger partial charge in [-0.25, -0.2) is 0 Å². The number of aliphatic carboxylic acids is 1. The fraction of sp³-hybridized carbons (Fsp3) is 0.192. The van der Waals surface area contributed by atoms with Gasteiger partial charge in [-0.1, -0.05) is 72.8 Å². The summed E-state index contributed by atoms with van der Waals surface area (Å²) < 4.78 is 0. The molecule has 0 radical (unpaired) electrons. The van der Waals surface area contributed by atoms with Crippen molar-refractivity contribution in [3.05, 3.63) is 96.1 Å². The summed E-state index contributed by atoms with van der Waals surface area (Å²) in [7, 11) is 0. The van der Waals surface area contributed by atoms with Crippen LogP contribution in [0.5, 0.6) is 0 Å². The van der Waals surface area contributed by atoms with Gasteiger partial charge in [-0.2, -0.15) is 0 Å². The molecule has 0 saturated heterocycles. The van der Waals surface area contributed by atoms with Gasteiger partial charge in [-0.3, -0.25) is 14.4 Å². The molecule has 0 aliphatic rings. The molecular formula is C26H26N2O4. The van der Waals surface area contributed by atoms with E-state index in [-0.39, 0.29) is 18.9 Å². The van der Waals surface area contributed by atoms with E-state index in [2.05, 4.69) is 10.6 Å². The van der Waals surface area contributed by atoms with Gasteiger partial charge in [-0.05, 0) is 42.2 Å². The third kappa shape index (κ3) is 6.28. The van der Waals surface area contributed by atoms with Crippen LogP contribution in [0.4, 0.5) is 0 Å². The summed E-state index contributed by atoms with van der Waals surface area (Å²) in [4.78, 5) is 36.6. The fourth-order valence-corrected chi connectivity index (χ4v) is 3.36. The van der Waals surface area contributed by atoms with Crippen LogP contribution in [-0.2, 0) is 9.59 Å². The molecule has 0 bridgehead atoms. The lowest BCUT2D eigenvalue weighted by Gasteiger charge is -2.21. The summed E-state index contributed by atoms with van der Waals surface area (Å²) in [5, 5.41) is 14.6. The highest BCUT2D eigenvalue weighted by molar-refractivity contribution is 5.98. The number of carbonyl (C=O) groups excluding carboxylic acids is 2. The van der Waals surface area contributed by atoms with E-state index in [9.17, 15) is 14.4 Å². The minimum absolute atomic E-state index is 0.00346. The van der Waals surface area contributed by atoms with Gasteiger partial charge in [0.1, 0.15) is 6.04 Å². The second-order valence-electron chi connectivity index (χ2n) is 7.54. The van der Waals surface area contributed by atoms with Crippen LogP contribution in [0, 0.1) is 0 Å². The molecule has 0 saturated carbocycles. The molecule has 2 atom stereocenters. The number of carbonyl (C=O) groups is 3. The Hall–Kier alpha value is -3.93. The van der Waals surface area contributed by atoms with E-state index in [0.29, 0.717) is 5.56 Å². The Morgan fingerprint density at radius 1 is 0.781 bits per heavy atom. The Morgan fingerprint density at radius 2 is 1.34 bits per heavy atom. The lowest BCUT2D eigenvalue weighted by atomic mass is 10.0. The third-order valence-electron chi connectivity index (χ3n) is 5.18. The van der Waals surface area contributed by atoms with Crippen LogP contribution in [0.3, 0.4) is 0 Å². The molecule has 164 valence electrons. The van der Waals surface area contributed by atoms with Crippen molar-refractivity contribution in [1.82, 2.24) is 10.6 Å². The number of benzene rings is 3. The van der Waals surface area contributed by atoms with Crippen molar-refractivity contribution in [3.8, 4) is 11.1 Å². The van der Waals surface area contributed by atoms with Crippen LogP contribution in [0.2, 0.25) is 0 Å². The van der Waals surface area contributed by atoms with Crippen molar-refractivity contribution in [2.24, 2.45) is 0 Å². The molecule has 0 heterocycles. The first-order valence-electron chi connectivity index (χ1n) is 10.5. The number of hydrogen-bond donors (Lipinski definition) is 3. The van der Waals surface area contributed by atoms with Crippen molar-refractivity contribution in [1.29, 1.82) is 0 Å². The van der Waals surface area contributed by atoms with E-state index < -0.39 is 23.8 Å². The highest BCUT2D eigenvalue weighted by atomic mass is 16.4. The molecule has 0 fully saturated rings. The van der Waals surface area contributed by atoms with Crippen LogP contribution in [0.25, 0.3) is 11.1 Å². The molecule has 2 amide bonds. The molecule has 0 aliphatic carbocycles. The molecule has 0 spiro atoms. The van der Waals surface area contributed by atoms with E-state index >= 15 is 0 Å². The van der Waals surface area contributed by atoms with Crippen LogP contribution in [-0.4, -0.2) is 28.9 Å². The van der Waals surface area contributed by atoms with Gasteiger partial charge in [-0.15, -0.1) is 0 Å². The van der Waals surface area contributed by atoms with Crippen LogP contribution < -0.4 is 10.6 Å². The van der Waals surface area contributed by atoms with Crippen LogP contribution in [0.15, 0.2) is 84.9 Å². The SMILES string of the molecule is C[C@H](NC(=O)[C@H](CCC(=O)O)NC(=O)c1ccc(-c2ccccc2)cc1)c1ccccc1. The van der Waals surface area contributed by atoms with Gasteiger partial charge in [0.15, 0.2) is 0 Å². The highest BCUT2D eigenvalue weighted by Crippen LogP contribution is 2.19. The molecule has 3 N–H and O–H groups in total. The molecule has 32 heavy (non-hydrogen) atoms. The second kappa shape index (κ2) is 10.9. The van der Waals surface area contributed by atoms with Gasteiger partial charge < -0.3 is 15.7 Å². The van der Waals surface area contributed by atoms with Crippen LogP contribution in [0.1, 0.15) is 41.7 Å². The lowest BCUT2D eigenvalue weighted by Crippen LogP contribution is -2.47. The molecule has 3 aromatic carbocycles. The largest absolute Gasteiger partial charge is 0.481 e. The number of hydrogen-bond acceptors (Lipinski definition) is 3. The molecule has 0 aliphatic heterocycles. The second-order valence-corrected chi connectivity index (χ2v) is 7.54. The maximum absolute atomic E-state index is 12.8. The number of rotatable bonds is 9. The normalized spacial score (nSPS) is 12.4. The zero-order valence-corrected chi connectivity index (χ0v) is 17.8. The zero-order valence-electron chi connectivity index (χ0n) is 17.8. The van der Waals surface area contributed by atoms with Crippen molar-refractivity contribution >= 4 is 17.8 Å². The summed E-state index contributed by atoms with van der Waals surface area (Å²) >= 11 is 0. The number of nitrogens with one attached hydrogen (secondary N) is 2. The molecule has 0 aromatic heterocycles. The highest BCUT2D eigenvalue weighted by Gasteiger charge is 2.24. The van der Waals surface area contributed by atoms with Crippen molar-refractivity contribution in [2.75, 3.05) is 0 Å². The van der Waals surface area contributed by atoms with Crippen LogP contribution >= 0.6 is 0 Å². The smallest absolute Gasteiger partial charge is 0.303 e. The Morgan fingerprint density at radius 3 is 1.94 bits per heavy atom. The minimum atomic E-state index is -1.03. The first-order chi connectivity index (χ1) is 15.4. The predicted octanol–water partition coefficient (Wildman–Crippen LogP) is 4.19. The summed E-state index contributed by atoms with van der Waals surface area (Å²) in [6.45, 7) is 1.84. The molecule has 3 aromatic rings. The molecular weight excluding hydrogens is 404 g/mol. The van der Waals surface area contributed by atoms with Crippen molar-refractivity contribution < 1.29 is 19.5 Å². The van der Waals surface area contributed by atoms with Crippen molar-refractivity contribution in [3.63, 3.8) is 0 Å². The zero-order chi connectivity index (χ0) is 22.9. The van der Waals surface area contributed by atoms with Gasteiger partial charge in [0.25, 0.3) is 5.91 Å². The predicted molar refractivity (Wildman–Crippen MR) is 123 cm³/mol. The van der Waals surface area contributed by atoms with E-state index in [1.165, 1.54) is 0 Å². The van der Waals surface area contributed by atoms with E-state index in [1.807, 2.05) is 79.7 Å². The van der Waals surface area contributed by atoms with E-state index in [4.69, 9.17) is 5.11 Å². The molecule has 0 unspecified atom stereocenters. The average molecular weight is 431 g/mol. The quantitative estimate of drug-likeness (QED) is 0.474. The maximum Gasteiger partial charge on any atom is 0.303 e. The standard InChI is InChI=1S/C26H26N2O4/c1-18(19-8-4-2-5-9-19)27-26(32)23(16-17-24(29)30)28-25(31)22-14-12-21(13-15-22)20-10-6-3-7-11-20/h2-15,18,23H,16-17H2,1H3,(H,27,32)(H,28,31)(H,29,30)/t18-,23-/m0/s1. The molecule has 3 rings (SSSR count). The summed E-state index contributed by atoms with van der Waals surface area (Å²) in [5.41, 5.74) is 3.32. The average Bonchev–Trinajstić information content (AvgIpc) is 2.82. The Balaban J connectivity index is 1.69. The summed E-state index contributed by atoms with van der Waals surface area (Å²) in [6.07, 6.45) is -0.235. The van der Waals surface area contributed by atoms with E-state index in [0.717, 1.165) is 16.7 Å². The first kappa shape index (κ1) is 22.7. The Kier molecular flexibility index (Phi) is 7.75. The maximum atomic E-state index is 12.8. The summed E-state index contributed by atoms with van der Waals surface area (Å²) in [6, 6.07) is 25.0. The Bertz CT molecular complexity index is 1050. The summed E-state index contributed by atoms with van der Waals surface area (Å²) in [5.74, 6) is -1.88. The number of carboxylic acids is 1. The van der Waals surface area contributed by atoms with Gasteiger partial charge in [0.05, 0.1) is 6.04 Å². The van der Waals surface area contributed by atoms with Gasteiger partial charge in [0.2, 0.25) is 5.91 Å². The minimum Gasteiger partial charge on any atom is -0.481 e. The lowest BCUT2D eigenvalue weighted by molar-refractivity contribution is -0.137. The topological polar surface area (TPSA) is 95.5 Å². The fourth-order valence-electron chi connectivity index (χ4n) is 3.36. The third-order valence-corrected chi connectivity index (χ3v) is 5.18. The molecule has 6 nitrogen and oxygen atoms in total. The number of carboxylic acid groups (broad SMARTS) is 1. The monoisotopic (exact) mass is 430 g/mol. The van der Waals surface area contributed by atoms with Gasteiger partial charge >= 0.3 is 5.97 Å². The number of amides is 2. The van der Waals surface area contributed by atoms with Crippen molar-refractivity contribution in [2.45, 2.75) is 31.8 Å².